The number of hydrogen-bond acceptors (Lipinski definition) is 3. The number of ether oxygens (including phenoxy) is 1. The van der Waals surface area contributed by atoms with Crippen molar-refractivity contribution in [1.29, 1.82) is 0 Å². The van der Waals surface area contributed by atoms with Gasteiger partial charge in [0.25, 0.3) is 0 Å². The van der Waals surface area contributed by atoms with Crippen LogP contribution in [-0.4, -0.2) is 50.8 Å². The van der Waals surface area contributed by atoms with Gasteiger partial charge < -0.3 is 15.0 Å². The number of piperidine rings is 1. The van der Waals surface area contributed by atoms with Gasteiger partial charge in [0.05, 0.1) is 6.10 Å². The van der Waals surface area contributed by atoms with Gasteiger partial charge >= 0.3 is 0 Å². The van der Waals surface area contributed by atoms with E-state index in [0.717, 1.165) is 12.0 Å². The fourth-order valence-corrected chi connectivity index (χ4v) is 3.29. The molecule has 0 radical (unpaired) electrons. The maximum Gasteiger partial charge on any atom is 0.0595 e. The molecular formula is C13H26N2O. The van der Waals surface area contributed by atoms with E-state index in [2.05, 4.69) is 17.3 Å². The van der Waals surface area contributed by atoms with Crippen molar-refractivity contribution in [3.8, 4) is 0 Å². The normalized spacial score (nSPS) is 33.4. The van der Waals surface area contributed by atoms with Gasteiger partial charge in [-0.25, -0.2) is 0 Å². The molecule has 3 nitrogen and oxygen atoms in total. The Morgan fingerprint density at radius 2 is 1.94 bits per heavy atom. The summed E-state index contributed by atoms with van der Waals surface area (Å²) < 4.78 is 5.41. The predicted octanol–water partition coefficient (Wildman–Crippen LogP) is 1.49. The molecule has 1 aliphatic carbocycles. The summed E-state index contributed by atoms with van der Waals surface area (Å²) in [6.07, 6.45) is 7.14. The molecule has 16 heavy (non-hydrogen) atoms. The van der Waals surface area contributed by atoms with Crippen LogP contribution in [0.1, 0.15) is 32.1 Å². The molecule has 1 heterocycles. The second kappa shape index (κ2) is 5.99. The van der Waals surface area contributed by atoms with Crippen LogP contribution in [0.15, 0.2) is 0 Å². The summed E-state index contributed by atoms with van der Waals surface area (Å²) in [6.45, 7) is 3.75. The van der Waals surface area contributed by atoms with Gasteiger partial charge in [0.2, 0.25) is 0 Å². The van der Waals surface area contributed by atoms with Crippen LogP contribution in [0.4, 0.5) is 0 Å². The molecule has 3 heteroatoms. The molecule has 1 saturated carbocycles. The maximum atomic E-state index is 5.41. The number of nitrogens with zero attached hydrogens (tertiary/aromatic N) is 1. The molecule has 0 aromatic heterocycles. The molecule has 2 unspecified atom stereocenters. The average molecular weight is 226 g/mol. The SMILES string of the molecule is CNC1CCCC1CN1CCC(OC)CC1. The molecule has 2 rings (SSSR count). The summed E-state index contributed by atoms with van der Waals surface area (Å²) in [4.78, 5) is 2.63. The molecule has 2 fully saturated rings. The fraction of sp³-hybridized carbons (Fsp3) is 1.00. The summed E-state index contributed by atoms with van der Waals surface area (Å²) in [5.41, 5.74) is 0. The van der Waals surface area contributed by atoms with E-state index in [4.69, 9.17) is 4.74 Å². The molecule has 0 spiro atoms. The van der Waals surface area contributed by atoms with E-state index >= 15 is 0 Å². The van der Waals surface area contributed by atoms with E-state index < -0.39 is 0 Å². The second-order valence-corrected chi connectivity index (χ2v) is 5.32. The van der Waals surface area contributed by atoms with Gasteiger partial charge in [-0.15, -0.1) is 0 Å². The first-order chi connectivity index (χ1) is 7.83. The first kappa shape index (κ1) is 12.3. The highest BCUT2D eigenvalue weighted by molar-refractivity contribution is 4.85. The number of nitrogens with one attached hydrogen (secondary N) is 1. The Balaban J connectivity index is 1.73. The lowest BCUT2D eigenvalue weighted by Gasteiger charge is -2.34. The molecule has 0 amide bonds. The van der Waals surface area contributed by atoms with Gasteiger partial charge in [-0.2, -0.15) is 0 Å². The monoisotopic (exact) mass is 226 g/mol. The zero-order valence-electron chi connectivity index (χ0n) is 10.7. The van der Waals surface area contributed by atoms with Crippen molar-refractivity contribution in [1.82, 2.24) is 10.2 Å². The summed E-state index contributed by atoms with van der Waals surface area (Å²) in [5, 5.41) is 3.47. The highest BCUT2D eigenvalue weighted by Crippen LogP contribution is 2.27. The Morgan fingerprint density at radius 1 is 1.19 bits per heavy atom. The lowest BCUT2D eigenvalue weighted by Crippen LogP contribution is -2.42. The summed E-state index contributed by atoms with van der Waals surface area (Å²) in [6, 6.07) is 0.764. The number of hydrogen-bond donors (Lipinski definition) is 1. The molecule has 94 valence electrons. The van der Waals surface area contributed by atoms with E-state index in [9.17, 15) is 0 Å². The minimum atomic E-state index is 0.514. The molecule has 0 aromatic rings. The van der Waals surface area contributed by atoms with Crippen molar-refractivity contribution in [3.05, 3.63) is 0 Å². The van der Waals surface area contributed by atoms with Crippen LogP contribution in [0.25, 0.3) is 0 Å². The minimum absolute atomic E-state index is 0.514. The van der Waals surface area contributed by atoms with Crippen molar-refractivity contribution in [2.24, 2.45) is 5.92 Å². The molecule has 2 aliphatic rings. The number of likely N-dealkylation sites (tertiary alicyclic amines) is 1. The van der Waals surface area contributed by atoms with Crippen LogP contribution in [0.2, 0.25) is 0 Å². The standard InChI is InChI=1S/C13H26N2O/c1-14-13-5-3-4-11(13)10-15-8-6-12(16-2)7-9-15/h11-14H,3-10H2,1-2H3. The molecule has 0 aromatic carbocycles. The smallest absolute Gasteiger partial charge is 0.0595 e. The van der Waals surface area contributed by atoms with Gasteiger partial charge in [0.15, 0.2) is 0 Å². The Hall–Kier alpha value is -0.120. The Kier molecular flexibility index (Phi) is 4.62. The van der Waals surface area contributed by atoms with Crippen LogP contribution in [0.5, 0.6) is 0 Å². The lowest BCUT2D eigenvalue weighted by molar-refractivity contribution is 0.0357. The molecule has 0 bridgehead atoms. The highest BCUT2D eigenvalue weighted by Gasteiger charge is 2.29. The predicted molar refractivity (Wildman–Crippen MR) is 66.7 cm³/mol. The van der Waals surface area contributed by atoms with Gasteiger partial charge in [-0.05, 0) is 38.6 Å². The molecule has 1 saturated heterocycles. The van der Waals surface area contributed by atoms with Crippen LogP contribution in [0.3, 0.4) is 0 Å². The molecule has 1 aliphatic heterocycles. The van der Waals surface area contributed by atoms with Crippen LogP contribution >= 0.6 is 0 Å². The first-order valence-corrected chi connectivity index (χ1v) is 6.76. The van der Waals surface area contributed by atoms with E-state index in [1.165, 1.54) is 51.7 Å². The Bertz CT molecular complexity index is 202. The Labute approximate surface area is 99.5 Å². The minimum Gasteiger partial charge on any atom is -0.381 e. The second-order valence-electron chi connectivity index (χ2n) is 5.32. The van der Waals surface area contributed by atoms with Gasteiger partial charge in [0, 0.05) is 32.8 Å². The van der Waals surface area contributed by atoms with E-state index in [-0.39, 0.29) is 0 Å². The lowest BCUT2D eigenvalue weighted by atomic mass is 10.0. The summed E-state index contributed by atoms with van der Waals surface area (Å²) in [7, 11) is 3.95. The third-order valence-corrected chi connectivity index (χ3v) is 4.39. The van der Waals surface area contributed by atoms with Crippen molar-refractivity contribution in [3.63, 3.8) is 0 Å². The molecule has 2 atom stereocenters. The topological polar surface area (TPSA) is 24.5 Å². The van der Waals surface area contributed by atoms with E-state index in [1.807, 2.05) is 7.11 Å². The van der Waals surface area contributed by atoms with Gasteiger partial charge in [-0.3, -0.25) is 0 Å². The third-order valence-electron chi connectivity index (χ3n) is 4.39. The zero-order chi connectivity index (χ0) is 11.4. The number of rotatable bonds is 4. The van der Waals surface area contributed by atoms with Crippen molar-refractivity contribution in [2.45, 2.75) is 44.2 Å². The third kappa shape index (κ3) is 2.96. The van der Waals surface area contributed by atoms with E-state index in [1.54, 1.807) is 0 Å². The first-order valence-electron chi connectivity index (χ1n) is 6.76. The summed E-state index contributed by atoms with van der Waals surface area (Å²) >= 11 is 0. The Morgan fingerprint density at radius 3 is 2.56 bits per heavy atom. The van der Waals surface area contributed by atoms with Gasteiger partial charge in [-0.1, -0.05) is 6.42 Å². The summed E-state index contributed by atoms with van der Waals surface area (Å²) in [5.74, 6) is 0.879. The quantitative estimate of drug-likeness (QED) is 0.786. The van der Waals surface area contributed by atoms with E-state index in [0.29, 0.717) is 6.10 Å². The fourth-order valence-electron chi connectivity index (χ4n) is 3.29. The van der Waals surface area contributed by atoms with Crippen molar-refractivity contribution in [2.75, 3.05) is 33.8 Å². The largest absolute Gasteiger partial charge is 0.381 e. The highest BCUT2D eigenvalue weighted by atomic mass is 16.5. The van der Waals surface area contributed by atoms with Crippen molar-refractivity contribution < 1.29 is 4.74 Å². The van der Waals surface area contributed by atoms with Crippen LogP contribution < -0.4 is 5.32 Å². The molecule has 1 N–H and O–H groups in total. The van der Waals surface area contributed by atoms with Gasteiger partial charge in [0.1, 0.15) is 0 Å². The van der Waals surface area contributed by atoms with Crippen LogP contribution in [-0.2, 0) is 4.74 Å². The van der Waals surface area contributed by atoms with Crippen molar-refractivity contribution >= 4 is 0 Å². The zero-order valence-corrected chi connectivity index (χ0v) is 10.7. The molecular weight excluding hydrogens is 200 g/mol. The number of methoxy groups -OCH3 is 1. The van der Waals surface area contributed by atoms with Crippen LogP contribution in [0, 0.1) is 5.92 Å². The maximum absolute atomic E-state index is 5.41. The average Bonchev–Trinajstić information content (AvgIpc) is 2.77.